The van der Waals surface area contributed by atoms with Crippen molar-refractivity contribution in [1.29, 1.82) is 0 Å². The zero-order valence-corrected chi connectivity index (χ0v) is 12.8. The fraction of sp³-hybridized carbons (Fsp3) is 0.222. The molecule has 0 heterocycles. The van der Waals surface area contributed by atoms with Gasteiger partial charge in [0.05, 0.1) is 0 Å². The van der Waals surface area contributed by atoms with Gasteiger partial charge in [0, 0.05) is 16.8 Å². The van der Waals surface area contributed by atoms with Gasteiger partial charge >= 0.3 is 0 Å². The van der Waals surface area contributed by atoms with Crippen molar-refractivity contribution >= 4 is 17.5 Å². The standard InChI is InChI=1S/C18H20N2O2/c1-12(2)10-13-6-8-14(9-7-13)18(22)20-16-5-3-4-15(11-16)17(19)21/h3-9,11-12H,10H2,1-2H3,(H2,19,21)(H,20,22). The third-order valence-electron chi connectivity index (χ3n) is 3.27. The van der Waals surface area contributed by atoms with Crippen LogP contribution in [0.3, 0.4) is 0 Å². The van der Waals surface area contributed by atoms with Crippen molar-refractivity contribution in [3.63, 3.8) is 0 Å². The summed E-state index contributed by atoms with van der Waals surface area (Å²) < 4.78 is 0. The number of anilines is 1. The Labute approximate surface area is 130 Å². The molecule has 0 radical (unpaired) electrons. The van der Waals surface area contributed by atoms with Gasteiger partial charge in [0.25, 0.3) is 5.91 Å². The normalized spacial score (nSPS) is 10.5. The molecule has 0 aliphatic carbocycles. The largest absolute Gasteiger partial charge is 0.366 e. The van der Waals surface area contributed by atoms with Crippen LogP contribution in [0.4, 0.5) is 5.69 Å². The van der Waals surface area contributed by atoms with Crippen molar-refractivity contribution in [2.24, 2.45) is 11.7 Å². The number of primary amides is 1. The molecule has 0 aliphatic heterocycles. The van der Waals surface area contributed by atoms with E-state index >= 15 is 0 Å². The van der Waals surface area contributed by atoms with E-state index in [0.717, 1.165) is 6.42 Å². The van der Waals surface area contributed by atoms with E-state index < -0.39 is 5.91 Å². The summed E-state index contributed by atoms with van der Waals surface area (Å²) in [5.74, 6) is -0.150. The van der Waals surface area contributed by atoms with Crippen molar-refractivity contribution in [3.05, 3.63) is 65.2 Å². The lowest BCUT2D eigenvalue weighted by molar-refractivity contribution is 0.0996. The van der Waals surface area contributed by atoms with Crippen LogP contribution in [0.2, 0.25) is 0 Å². The summed E-state index contributed by atoms with van der Waals surface area (Å²) in [5.41, 5.74) is 7.93. The molecule has 0 bridgehead atoms. The molecule has 4 heteroatoms. The summed E-state index contributed by atoms with van der Waals surface area (Å²) in [6.07, 6.45) is 0.989. The zero-order chi connectivity index (χ0) is 16.1. The molecule has 114 valence electrons. The number of rotatable bonds is 5. The quantitative estimate of drug-likeness (QED) is 0.889. The van der Waals surface area contributed by atoms with Crippen LogP contribution < -0.4 is 11.1 Å². The van der Waals surface area contributed by atoms with E-state index in [2.05, 4.69) is 19.2 Å². The van der Waals surface area contributed by atoms with Gasteiger partial charge in [-0.3, -0.25) is 9.59 Å². The molecule has 0 saturated carbocycles. The lowest BCUT2D eigenvalue weighted by Gasteiger charge is -2.08. The molecule has 0 unspecified atom stereocenters. The van der Waals surface area contributed by atoms with Crippen LogP contribution in [0, 0.1) is 5.92 Å². The Morgan fingerprint density at radius 1 is 1.05 bits per heavy atom. The predicted octanol–water partition coefficient (Wildman–Crippen LogP) is 3.24. The monoisotopic (exact) mass is 296 g/mol. The predicted molar refractivity (Wildman–Crippen MR) is 87.9 cm³/mol. The molecule has 2 rings (SSSR count). The van der Waals surface area contributed by atoms with Gasteiger partial charge in [0.15, 0.2) is 0 Å². The molecular formula is C18H20N2O2. The molecule has 0 atom stereocenters. The van der Waals surface area contributed by atoms with Gasteiger partial charge in [0.2, 0.25) is 5.91 Å². The summed E-state index contributed by atoms with van der Waals surface area (Å²) in [6, 6.07) is 14.1. The van der Waals surface area contributed by atoms with Crippen LogP contribution in [0.5, 0.6) is 0 Å². The SMILES string of the molecule is CC(C)Cc1ccc(C(=O)Nc2cccc(C(N)=O)c2)cc1. The minimum atomic E-state index is -0.519. The number of nitrogens with one attached hydrogen (secondary N) is 1. The maximum Gasteiger partial charge on any atom is 0.255 e. The Hall–Kier alpha value is -2.62. The summed E-state index contributed by atoms with van der Waals surface area (Å²) >= 11 is 0. The van der Waals surface area contributed by atoms with Gasteiger partial charge in [-0.1, -0.05) is 32.0 Å². The third kappa shape index (κ3) is 4.19. The van der Waals surface area contributed by atoms with E-state index in [9.17, 15) is 9.59 Å². The smallest absolute Gasteiger partial charge is 0.255 e. The maximum absolute atomic E-state index is 12.2. The second-order valence-corrected chi connectivity index (χ2v) is 5.69. The van der Waals surface area contributed by atoms with E-state index in [1.165, 1.54) is 5.56 Å². The highest BCUT2D eigenvalue weighted by molar-refractivity contribution is 6.05. The molecule has 0 saturated heterocycles. The molecule has 2 aromatic rings. The minimum Gasteiger partial charge on any atom is -0.366 e. The molecule has 0 aromatic heterocycles. The second-order valence-electron chi connectivity index (χ2n) is 5.69. The molecule has 2 amide bonds. The summed E-state index contributed by atoms with van der Waals surface area (Å²) in [4.78, 5) is 23.3. The first-order valence-corrected chi connectivity index (χ1v) is 7.26. The number of benzene rings is 2. The number of carbonyl (C=O) groups excluding carboxylic acids is 2. The van der Waals surface area contributed by atoms with Crippen molar-refractivity contribution in [3.8, 4) is 0 Å². The topological polar surface area (TPSA) is 72.2 Å². The van der Waals surface area contributed by atoms with E-state index in [0.29, 0.717) is 22.7 Å². The molecule has 2 aromatic carbocycles. The first-order chi connectivity index (χ1) is 10.5. The molecule has 0 aliphatic rings. The lowest BCUT2D eigenvalue weighted by atomic mass is 10.0. The van der Waals surface area contributed by atoms with Crippen molar-refractivity contribution in [2.75, 3.05) is 5.32 Å². The van der Waals surface area contributed by atoms with Gasteiger partial charge < -0.3 is 11.1 Å². The molecular weight excluding hydrogens is 276 g/mol. The number of hydrogen-bond donors (Lipinski definition) is 2. The first-order valence-electron chi connectivity index (χ1n) is 7.26. The van der Waals surface area contributed by atoms with Crippen LogP contribution in [-0.2, 0) is 6.42 Å². The highest BCUT2D eigenvalue weighted by atomic mass is 16.2. The van der Waals surface area contributed by atoms with E-state index in [-0.39, 0.29) is 5.91 Å². The Kier molecular flexibility index (Phi) is 4.94. The zero-order valence-electron chi connectivity index (χ0n) is 12.8. The maximum atomic E-state index is 12.2. The second kappa shape index (κ2) is 6.89. The summed E-state index contributed by atoms with van der Waals surface area (Å²) in [5, 5.41) is 2.77. The molecule has 3 N–H and O–H groups in total. The van der Waals surface area contributed by atoms with Gasteiger partial charge in [-0.2, -0.15) is 0 Å². The van der Waals surface area contributed by atoms with Crippen LogP contribution in [0.15, 0.2) is 48.5 Å². The average molecular weight is 296 g/mol. The van der Waals surface area contributed by atoms with Crippen LogP contribution in [-0.4, -0.2) is 11.8 Å². The molecule has 22 heavy (non-hydrogen) atoms. The van der Waals surface area contributed by atoms with Crippen LogP contribution in [0.1, 0.15) is 40.1 Å². The molecule has 0 fully saturated rings. The van der Waals surface area contributed by atoms with Gasteiger partial charge in [-0.05, 0) is 48.2 Å². The average Bonchev–Trinajstić information content (AvgIpc) is 2.47. The Bertz CT molecular complexity index is 676. The molecule has 0 spiro atoms. The number of carbonyl (C=O) groups is 2. The Balaban J connectivity index is 2.08. The van der Waals surface area contributed by atoms with Crippen molar-refractivity contribution in [2.45, 2.75) is 20.3 Å². The fourth-order valence-corrected chi connectivity index (χ4v) is 2.22. The van der Waals surface area contributed by atoms with Gasteiger partial charge in [-0.15, -0.1) is 0 Å². The molecule has 4 nitrogen and oxygen atoms in total. The van der Waals surface area contributed by atoms with E-state index in [1.807, 2.05) is 24.3 Å². The lowest BCUT2D eigenvalue weighted by Crippen LogP contribution is -2.14. The third-order valence-corrected chi connectivity index (χ3v) is 3.27. The summed E-state index contributed by atoms with van der Waals surface area (Å²) in [6.45, 7) is 4.32. The highest BCUT2D eigenvalue weighted by Gasteiger charge is 2.08. The van der Waals surface area contributed by atoms with Gasteiger partial charge in [-0.25, -0.2) is 0 Å². The van der Waals surface area contributed by atoms with E-state index in [4.69, 9.17) is 5.73 Å². The fourth-order valence-electron chi connectivity index (χ4n) is 2.22. The van der Waals surface area contributed by atoms with Crippen LogP contribution >= 0.6 is 0 Å². The minimum absolute atomic E-state index is 0.210. The Morgan fingerprint density at radius 3 is 2.32 bits per heavy atom. The first kappa shape index (κ1) is 15.8. The van der Waals surface area contributed by atoms with Crippen LogP contribution in [0.25, 0.3) is 0 Å². The Morgan fingerprint density at radius 2 is 1.73 bits per heavy atom. The van der Waals surface area contributed by atoms with Gasteiger partial charge in [0.1, 0.15) is 0 Å². The number of amides is 2. The number of nitrogens with two attached hydrogens (primary N) is 1. The van der Waals surface area contributed by atoms with Crippen molar-refractivity contribution < 1.29 is 9.59 Å². The number of hydrogen-bond acceptors (Lipinski definition) is 2. The van der Waals surface area contributed by atoms with Crippen molar-refractivity contribution in [1.82, 2.24) is 0 Å². The van der Waals surface area contributed by atoms with E-state index in [1.54, 1.807) is 24.3 Å². The summed E-state index contributed by atoms with van der Waals surface area (Å²) in [7, 11) is 0. The highest BCUT2D eigenvalue weighted by Crippen LogP contribution is 2.14.